The highest BCUT2D eigenvalue weighted by atomic mass is 35.5. The first kappa shape index (κ1) is 23.2. The van der Waals surface area contributed by atoms with Crippen LogP contribution in [0, 0.1) is 5.92 Å². The second-order valence-corrected chi connectivity index (χ2v) is 9.50. The molecule has 3 aromatic rings. The molecule has 2 aromatic carbocycles. The maximum Gasteiger partial charge on any atom is 0.161 e. The summed E-state index contributed by atoms with van der Waals surface area (Å²) in [6.45, 7) is 6.57. The Morgan fingerprint density at radius 3 is 2.53 bits per heavy atom. The quantitative estimate of drug-likeness (QED) is 0.324. The molecule has 1 fully saturated rings. The first-order chi connectivity index (χ1) is 15.5. The zero-order valence-corrected chi connectivity index (χ0v) is 20.0. The van der Waals surface area contributed by atoms with E-state index in [9.17, 15) is 4.79 Å². The lowest BCUT2D eigenvalue weighted by Gasteiger charge is -2.32. The number of fused-ring (bicyclic) bond motifs is 1. The third-order valence-electron chi connectivity index (χ3n) is 6.42. The van der Waals surface area contributed by atoms with Crippen molar-refractivity contribution in [3.63, 3.8) is 0 Å². The molecule has 1 saturated heterocycles. The van der Waals surface area contributed by atoms with Gasteiger partial charge in [-0.1, -0.05) is 35.3 Å². The molecule has 0 amide bonds. The molecule has 32 heavy (non-hydrogen) atoms. The summed E-state index contributed by atoms with van der Waals surface area (Å²) in [5.74, 6) is 1.69. The number of para-hydroxylation sites is 1. The molecule has 0 unspecified atom stereocenters. The van der Waals surface area contributed by atoms with E-state index in [4.69, 9.17) is 27.9 Å². The fourth-order valence-electron chi connectivity index (χ4n) is 4.61. The van der Waals surface area contributed by atoms with E-state index in [1.54, 1.807) is 6.92 Å². The Hall–Kier alpha value is -2.01. The Balaban J connectivity index is 1.21. The number of carbonyl (C=O) groups is 1. The van der Waals surface area contributed by atoms with Crippen LogP contribution < -0.4 is 4.74 Å². The minimum atomic E-state index is 0.0816. The zero-order chi connectivity index (χ0) is 22.5. The van der Waals surface area contributed by atoms with Gasteiger partial charge in [0, 0.05) is 28.7 Å². The number of hydrogen-bond donors (Lipinski definition) is 0. The lowest BCUT2D eigenvalue weighted by Crippen LogP contribution is -2.35. The normalized spacial score (nSPS) is 15.3. The summed E-state index contributed by atoms with van der Waals surface area (Å²) in [6.07, 6.45) is 6.54. The number of Topliss-reactive ketones (excluding diaryl/α,β-unsaturated/α-hetero) is 1. The van der Waals surface area contributed by atoms with Crippen molar-refractivity contribution in [3.8, 4) is 5.75 Å². The van der Waals surface area contributed by atoms with Crippen LogP contribution in [0.25, 0.3) is 10.9 Å². The highest BCUT2D eigenvalue weighted by Gasteiger charge is 2.19. The molecule has 1 aromatic heterocycles. The Morgan fingerprint density at radius 2 is 1.81 bits per heavy atom. The molecule has 0 atom stereocenters. The largest absolute Gasteiger partial charge is 0.494 e. The molecule has 1 aliphatic heterocycles. The molecular formula is C26H30Cl2N2O2. The number of rotatable bonds is 9. The van der Waals surface area contributed by atoms with Crippen molar-refractivity contribution in [2.24, 2.45) is 5.92 Å². The minimum absolute atomic E-state index is 0.0816. The first-order valence-corrected chi connectivity index (χ1v) is 12.2. The fraction of sp³-hybridized carbons (Fsp3) is 0.423. The molecule has 2 heterocycles. The average Bonchev–Trinajstić information content (AvgIpc) is 3.16. The zero-order valence-electron chi connectivity index (χ0n) is 18.5. The Kier molecular flexibility index (Phi) is 7.77. The number of halogens is 2. The molecule has 1 aliphatic rings. The van der Waals surface area contributed by atoms with Crippen LogP contribution in [0.2, 0.25) is 10.0 Å². The maximum atomic E-state index is 12.0. The van der Waals surface area contributed by atoms with Gasteiger partial charge in [0.05, 0.1) is 17.1 Å². The van der Waals surface area contributed by atoms with Gasteiger partial charge < -0.3 is 14.2 Å². The van der Waals surface area contributed by atoms with Gasteiger partial charge in [0.1, 0.15) is 5.75 Å². The van der Waals surface area contributed by atoms with Gasteiger partial charge in [0.2, 0.25) is 0 Å². The van der Waals surface area contributed by atoms with Crippen molar-refractivity contribution in [2.75, 3.05) is 26.2 Å². The summed E-state index contributed by atoms with van der Waals surface area (Å²) in [7, 11) is 0. The van der Waals surface area contributed by atoms with Gasteiger partial charge in [-0.05, 0) is 88.5 Å². The van der Waals surface area contributed by atoms with Gasteiger partial charge >= 0.3 is 0 Å². The van der Waals surface area contributed by atoms with E-state index in [1.807, 2.05) is 48.7 Å². The first-order valence-electron chi connectivity index (χ1n) is 11.4. The van der Waals surface area contributed by atoms with Crippen molar-refractivity contribution in [3.05, 3.63) is 64.3 Å². The third kappa shape index (κ3) is 5.67. The summed E-state index contributed by atoms with van der Waals surface area (Å²) >= 11 is 12.4. The predicted molar refractivity (Wildman–Crippen MR) is 132 cm³/mol. The van der Waals surface area contributed by atoms with Crippen molar-refractivity contribution in [1.29, 1.82) is 0 Å². The molecule has 6 heteroatoms. The smallest absolute Gasteiger partial charge is 0.161 e. The summed E-state index contributed by atoms with van der Waals surface area (Å²) in [5.41, 5.74) is 1.72. The van der Waals surface area contributed by atoms with Crippen LogP contribution in [0.15, 0.2) is 48.7 Å². The number of carbonyl (C=O) groups excluding carboxylic acids is 1. The molecule has 0 N–H and O–H groups in total. The van der Waals surface area contributed by atoms with E-state index in [1.165, 1.54) is 12.8 Å². The summed E-state index contributed by atoms with van der Waals surface area (Å²) < 4.78 is 8.01. The second-order valence-electron chi connectivity index (χ2n) is 8.66. The maximum absolute atomic E-state index is 12.0. The van der Waals surface area contributed by atoms with Crippen LogP contribution in [-0.4, -0.2) is 41.5 Å². The van der Waals surface area contributed by atoms with Crippen LogP contribution in [0.4, 0.5) is 0 Å². The van der Waals surface area contributed by atoms with E-state index in [2.05, 4.69) is 9.47 Å². The van der Waals surface area contributed by atoms with Gasteiger partial charge in [-0.15, -0.1) is 0 Å². The molecule has 4 rings (SSSR count). The van der Waals surface area contributed by atoms with Gasteiger partial charge in [-0.3, -0.25) is 4.79 Å². The number of benzene rings is 2. The van der Waals surface area contributed by atoms with Crippen molar-refractivity contribution in [1.82, 2.24) is 9.47 Å². The van der Waals surface area contributed by atoms with Crippen LogP contribution in [0.5, 0.6) is 5.75 Å². The average molecular weight is 473 g/mol. The van der Waals surface area contributed by atoms with E-state index in [0.29, 0.717) is 5.02 Å². The van der Waals surface area contributed by atoms with Crippen molar-refractivity contribution >= 4 is 39.9 Å². The summed E-state index contributed by atoms with van der Waals surface area (Å²) in [6, 6.07) is 13.4. The molecule has 0 bridgehead atoms. The highest BCUT2D eigenvalue weighted by molar-refractivity contribution is 6.35. The molecule has 0 radical (unpaired) electrons. The lowest BCUT2D eigenvalue weighted by atomic mass is 9.94. The van der Waals surface area contributed by atoms with Gasteiger partial charge in [-0.2, -0.15) is 0 Å². The minimum Gasteiger partial charge on any atom is -0.494 e. The topological polar surface area (TPSA) is 34.5 Å². The number of likely N-dealkylation sites (tertiary alicyclic amines) is 1. The number of piperidine rings is 1. The SMILES string of the molecule is CC(=O)c1cn(CCCN2CCC(CCOc3ccc(Cl)cc3)CC2)c2c(Cl)cccc12. The lowest BCUT2D eigenvalue weighted by molar-refractivity contribution is 0.101. The van der Waals surface area contributed by atoms with Gasteiger partial charge in [0.15, 0.2) is 5.78 Å². The van der Waals surface area contributed by atoms with Crippen molar-refractivity contribution < 1.29 is 9.53 Å². The number of aromatic nitrogens is 1. The number of nitrogens with zero attached hydrogens (tertiary/aromatic N) is 2. The van der Waals surface area contributed by atoms with Gasteiger partial charge in [0.25, 0.3) is 0 Å². The van der Waals surface area contributed by atoms with Crippen LogP contribution >= 0.6 is 23.2 Å². The summed E-state index contributed by atoms with van der Waals surface area (Å²) in [5, 5.41) is 2.39. The van der Waals surface area contributed by atoms with Gasteiger partial charge in [-0.25, -0.2) is 0 Å². The second kappa shape index (κ2) is 10.7. The number of ketones is 1. The molecule has 0 saturated carbocycles. The fourth-order valence-corrected chi connectivity index (χ4v) is 5.02. The predicted octanol–water partition coefficient (Wildman–Crippen LogP) is 6.72. The Morgan fingerprint density at radius 1 is 1.06 bits per heavy atom. The number of aryl methyl sites for hydroxylation is 1. The standard InChI is InChI=1S/C26H30Cl2N2O2/c1-19(31)24-18-30(26-23(24)4-2-5-25(26)28)14-3-13-29-15-10-20(11-16-29)12-17-32-22-8-6-21(27)7-9-22/h2,4-9,18,20H,3,10-17H2,1H3. The third-order valence-corrected chi connectivity index (χ3v) is 6.97. The Bertz CT molecular complexity index is 1050. The Labute approximate surface area is 200 Å². The van der Waals surface area contributed by atoms with Crippen molar-refractivity contribution in [2.45, 2.75) is 39.2 Å². The molecule has 4 nitrogen and oxygen atoms in total. The monoisotopic (exact) mass is 472 g/mol. The van der Waals surface area contributed by atoms with Crippen LogP contribution in [0.1, 0.15) is 43.0 Å². The highest BCUT2D eigenvalue weighted by Crippen LogP contribution is 2.29. The van der Waals surface area contributed by atoms with E-state index in [0.717, 1.165) is 78.8 Å². The molecule has 0 aliphatic carbocycles. The van der Waals surface area contributed by atoms with E-state index in [-0.39, 0.29) is 5.78 Å². The molecular weight excluding hydrogens is 443 g/mol. The molecule has 0 spiro atoms. The van der Waals surface area contributed by atoms with Crippen LogP contribution in [-0.2, 0) is 6.54 Å². The van der Waals surface area contributed by atoms with E-state index >= 15 is 0 Å². The summed E-state index contributed by atoms with van der Waals surface area (Å²) in [4.78, 5) is 14.6. The van der Waals surface area contributed by atoms with Crippen LogP contribution in [0.3, 0.4) is 0 Å². The number of hydrogen-bond acceptors (Lipinski definition) is 3. The van der Waals surface area contributed by atoms with E-state index < -0.39 is 0 Å². The number of ether oxygens (including phenoxy) is 1. The molecule has 170 valence electrons.